The minimum absolute atomic E-state index is 0.0477. The Hall–Kier alpha value is -3.34. The van der Waals surface area contributed by atoms with E-state index in [0.29, 0.717) is 12.2 Å². The lowest BCUT2D eigenvalue weighted by molar-refractivity contribution is -0.386. The van der Waals surface area contributed by atoms with Crippen molar-refractivity contribution in [2.45, 2.75) is 4.90 Å². The van der Waals surface area contributed by atoms with Crippen molar-refractivity contribution in [2.24, 2.45) is 0 Å². The van der Waals surface area contributed by atoms with E-state index in [2.05, 4.69) is 4.72 Å². The number of amides is 1. The van der Waals surface area contributed by atoms with Crippen LogP contribution in [-0.4, -0.2) is 39.7 Å². The standard InChI is InChI=1S/C16H15N3O7S/c1-25-15-6-5-13(10-14(15)19(21)22)27(23,24)17-11-3-2-4-12(9-11)18-7-8-26-16(18)20/h2-6,9-10,17H,7-8H2,1H3. The molecule has 1 fully saturated rings. The number of rotatable bonds is 6. The van der Waals surface area contributed by atoms with Gasteiger partial charge in [0, 0.05) is 11.8 Å². The normalized spacial score (nSPS) is 14.0. The van der Waals surface area contributed by atoms with Crippen LogP contribution in [0, 0.1) is 10.1 Å². The molecule has 1 aliphatic rings. The minimum Gasteiger partial charge on any atom is -0.490 e. The molecule has 0 unspecified atom stereocenters. The second-order valence-electron chi connectivity index (χ2n) is 5.51. The van der Waals surface area contributed by atoms with Gasteiger partial charge < -0.3 is 9.47 Å². The fourth-order valence-corrected chi connectivity index (χ4v) is 3.63. The van der Waals surface area contributed by atoms with E-state index in [1.165, 1.54) is 36.3 Å². The maximum atomic E-state index is 12.6. The number of nitrogens with one attached hydrogen (secondary N) is 1. The van der Waals surface area contributed by atoms with Crippen LogP contribution >= 0.6 is 0 Å². The Morgan fingerprint density at radius 3 is 2.67 bits per heavy atom. The third-order valence-corrected chi connectivity index (χ3v) is 5.21. The van der Waals surface area contributed by atoms with Gasteiger partial charge in [-0.05, 0) is 30.3 Å². The van der Waals surface area contributed by atoms with E-state index < -0.39 is 26.7 Å². The van der Waals surface area contributed by atoms with Gasteiger partial charge >= 0.3 is 11.8 Å². The van der Waals surface area contributed by atoms with E-state index in [9.17, 15) is 23.3 Å². The SMILES string of the molecule is COc1ccc(S(=O)(=O)Nc2cccc(N3CCOC3=O)c2)cc1[N+](=O)[O-]. The molecule has 11 heteroatoms. The van der Waals surface area contributed by atoms with E-state index in [-0.39, 0.29) is 22.9 Å². The van der Waals surface area contributed by atoms with Gasteiger partial charge in [-0.25, -0.2) is 13.2 Å². The molecule has 0 saturated carbocycles. The van der Waals surface area contributed by atoms with Crippen LogP contribution in [0.25, 0.3) is 0 Å². The smallest absolute Gasteiger partial charge is 0.414 e. The molecule has 0 spiro atoms. The van der Waals surface area contributed by atoms with Gasteiger partial charge in [0.15, 0.2) is 5.75 Å². The summed E-state index contributed by atoms with van der Waals surface area (Å²) in [5.74, 6) is -0.0477. The second-order valence-corrected chi connectivity index (χ2v) is 7.20. The lowest BCUT2D eigenvalue weighted by Crippen LogP contribution is -2.23. The van der Waals surface area contributed by atoms with Crippen LogP contribution in [0.5, 0.6) is 5.75 Å². The number of nitrogens with zero attached hydrogens (tertiary/aromatic N) is 2. The molecular weight excluding hydrogens is 378 g/mol. The third-order valence-electron chi connectivity index (χ3n) is 3.83. The average molecular weight is 393 g/mol. The molecule has 0 atom stereocenters. The highest BCUT2D eigenvalue weighted by Gasteiger charge is 2.25. The number of anilines is 2. The number of sulfonamides is 1. The number of ether oxygens (including phenoxy) is 2. The first-order chi connectivity index (χ1) is 12.8. The van der Waals surface area contributed by atoms with Gasteiger partial charge in [-0.3, -0.25) is 19.7 Å². The molecule has 1 amide bonds. The lowest BCUT2D eigenvalue weighted by Gasteiger charge is -2.15. The molecule has 0 radical (unpaired) electrons. The topological polar surface area (TPSA) is 128 Å². The van der Waals surface area contributed by atoms with Gasteiger partial charge in [-0.2, -0.15) is 0 Å². The van der Waals surface area contributed by atoms with Gasteiger partial charge in [-0.15, -0.1) is 0 Å². The van der Waals surface area contributed by atoms with E-state index >= 15 is 0 Å². The predicted octanol–water partition coefficient (Wildman–Crippen LogP) is 2.36. The fourth-order valence-electron chi connectivity index (χ4n) is 2.56. The zero-order valence-electron chi connectivity index (χ0n) is 14.1. The van der Waals surface area contributed by atoms with Gasteiger partial charge in [0.05, 0.1) is 29.2 Å². The Labute approximate surface area is 154 Å². The Morgan fingerprint density at radius 2 is 2.04 bits per heavy atom. The van der Waals surface area contributed by atoms with E-state index in [4.69, 9.17) is 9.47 Å². The molecular formula is C16H15N3O7S. The summed E-state index contributed by atoms with van der Waals surface area (Å²) in [5, 5.41) is 11.1. The lowest BCUT2D eigenvalue weighted by atomic mass is 10.2. The quantitative estimate of drug-likeness (QED) is 0.589. The van der Waals surface area contributed by atoms with Crippen molar-refractivity contribution in [1.29, 1.82) is 0 Å². The first kappa shape index (κ1) is 18.5. The summed E-state index contributed by atoms with van der Waals surface area (Å²) >= 11 is 0. The number of hydrogen-bond acceptors (Lipinski definition) is 7. The Kier molecular flexibility index (Phi) is 4.86. The summed E-state index contributed by atoms with van der Waals surface area (Å²) in [6, 6.07) is 9.53. The predicted molar refractivity (Wildman–Crippen MR) is 95.6 cm³/mol. The first-order valence-corrected chi connectivity index (χ1v) is 9.20. The van der Waals surface area contributed by atoms with Crippen LogP contribution in [0.1, 0.15) is 0 Å². The van der Waals surface area contributed by atoms with Gasteiger partial charge in [-0.1, -0.05) is 6.07 Å². The van der Waals surface area contributed by atoms with Crippen LogP contribution < -0.4 is 14.4 Å². The molecule has 1 aliphatic heterocycles. The average Bonchev–Trinajstić information content (AvgIpc) is 3.07. The molecule has 2 aromatic rings. The third kappa shape index (κ3) is 3.77. The summed E-state index contributed by atoms with van der Waals surface area (Å²) in [7, 11) is -2.84. The van der Waals surface area contributed by atoms with E-state index in [1.807, 2.05) is 0 Å². The first-order valence-electron chi connectivity index (χ1n) is 7.71. The fraction of sp³-hybridized carbons (Fsp3) is 0.188. The molecule has 142 valence electrons. The minimum atomic E-state index is -4.09. The highest BCUT2D eigenvalue weighted by Crippen LogP contribution is 2.30. The number of methoxy groups -OCH3 is 1. The van der Waals surface area contributed by atoms with E-state index in [0.717, 1.165) is 6.07 Å². The molecule has 0 bridgehead atoms. The molecule has 10 nitrogen and oxygen atoms in total. The van der Waals surface area contributed by atoms with Crippen LogP contribution in [0.2, 0.25) is 0 Å². The van der Waals surface area contributed by atoms with Crippen molar-refractivity contribution in [3.05, 3.63) is 52.6 Å². The van der Waals surface area contributed by atoms with E-state index in [1.54, 1.807) is 12.1 Å². The Balaban J connectivity index is 1.90. The number of nitro groups is 1. The number of carbonyl (C=O) groups excluding carboxylic acids is 1. The van der Waals surface area contributed by atoms with Crippen LogP contribution in [0.3, 0.4) is 0 Å². The molecule has 0 aromatic heterocycles. The molecule has 1 saturated heterocycles. The van der Waals surface area contributed by atoms with Gasteiger partial charge in [0.1, 0.15) is 6.61 Å². The van der Waals surface area contributed by atoms with Crippen molar-refractivity contribution in [3.8, 4) is 5.75 Å². The second kappa shape index (κ2) is 7.11. The van der Waals surface area contributed by atoms with Crippen LogP contribution in [0.15, 0.2) is 47.4 Å². The molecule has 27 heavy (non-hydrogen) atoms. The van der Waals surface area contributed by atoms with Gasteiger partial charge in [0.2, 0.25) is 0 Å². The van der Waals surface area contributed by atoms with Crippen molar-refractivity contribution < 1.29 is 27.6 Å². The number of hydrogen-bond donors (Lipinski definition) is 1. The van der Waals surface area contributed by atoms with Crippen LogP contribution in [0.4, 0.5) is 21.9 Å². The zero-order chi connectivity index (χ0) is 19.6. The Bertz CT molecular complexity index is 1010. The zero-order valence-corrected chi connectivity index (χ0v) is 14.9. The summed E-state index contributed by atoms with van der Waals surface area (Å²) in [4.78, 5) is 23.1. The Morgan fingerprint density at radius 1 is 1.26 bits per heavy atom. The number of cyclic esters (lactones) is 1. The summed E-state index contributed by atoms with van der Waals surface area (Å²) in [6.45, 7) is 0.615. The number of nitro benzene ring substituents is 1. The van der Waals surface area contributed by atoms with Crippen molar-refractivity contribution in [1.82, 2.24) is 0 Å². The maximum Gasteiger partial charge on any atom is 0.414 e. The summed E-state index contributed by atoms with van der Waals surface area (Å²) in [5.41, 5.74) is 0.207. The monoisotopic (exact) mass is 393 g/mol. The van der Waals surface area contributed by atoms with Crippen LogP contribution in [-0.2, 0) is 14.8 Å². The van der Waals surface area contributed by atoms with Gasteiger partial charge in [0.25, 0.3) is 10.0 Å². The molecule has 1 heterocycles. The number of benzene rings is 2. The van der Waals surface area contributed by atoms with Crippen molar-refractivity contribution >= 4 is 33.2 Å². The van der Waals surface area contributed by atoms with Crippen molar-refractivity contribution in [2.75, 3.05) is 29.9 Å². The maximum absolute atomic E-state index is 12.6. The molecule has 1 N–H and O–H groups in total. The molecule has 0 aliphatic carbocycles. The number of carbonyl (C=O) groups is 1. The molecule has 2 aromatic carbocycles. The summed E-state index contributed by atoms with van der Waals surface area (Å²) in [6.07, 6.45) is -0.513. The van der Waals surface area contributed by atoms with Crippen molar-refractivity contribution in [3.63, 3.8) is 0 Å². The molecule has 3 rings (SSSR count). The highest BCUT2D eigenvalue weighted by molar-refractivity contribution is 7.92. The summed E-state index contributed by atoms with van der Waals surface area (Å²) < 4.78 is 37.3. The highest BCUT2D eigenvalue weighted by atomic mass is 32.2. The largest absolute Gasteiger partial charge is 0.490 e.